The van der Waals surface area contributed by atoms with Gasteiger partial charge in [-0.15, -0.1) is 5.10 Å². The monoisotopic (exact) mass is 310 g/mol. The van der Waals surface area contributed by atoms with E-state index in [1.165, 1.54) is 10.9 Å². The second kappa shape index (κ2) is 6.18. The maximum atomic E-state index is 12.0. The predicted molar refractivity (Wildman–Crippen MR) is 74.9 cm³/mol. The van der Waals surface area contributed by atoms with Crippen molar-refractivity contribution >= 4 is 28.9 Å². The summed E-state index contributed by atoms with van der Waals surface area (Å²) in [5, 5.41) is 20.7. The van der Waals surface area contributed by atoms with Crippen molar-refractivity contribution in [1.82, 2.24) is 20.3 Å². The summed E-state index contributed by atoms with van der Waals surface area (Å²) in [6, 6.07) is 2.19. The van der Waals surface area contributed by atoms with Gasteiger partial charge in [0.1, 0.15) is 0 Å². The maximum absolute atomic E-state index is 12.0. The molecule has 110 valence electrons. The zero-order valence-electron chi connectivity index (χ0n) is 10.7. The SMILES string of the molecule is Nc1c(Cl)cc([N+](=O)[O-])cc1C(=O)NCCn1ccnn1. The van der Waals surface area contributed by atoms with Crippen molar-refractivity contribution in [1.29, 1.82) is 0 Å². The first-order chi connectivity index (χ1) is 9.99. The molecule has 0 saturated carbocycles. The Morgan fingerprint density at radius 2 is 2.29 bits per heavy atom. The van der Waals surface area contributed by atoms with Crippen molar-refractivity contribution in [2.24, 2.45) is 0 Å². The molecule has 9 nitrogen and oxygen atoms in total. The molecular weight excluding hydrogens is 300 g/mol. The molecule has 0 spiro atoms. The second-order valence-corrected chi connectivity index (χ2v) is 4.48. The summed E-state index contributed by atoms with van der Waals surface area (Å²) in [5.74, 6) is -0.543. The van der Waals surface area contributed by atoms with Gasteiger partial charge in [-0.3, -0.25) is 19.6 Å². The van der Waals surface area contributed by atoms with E-state index in [0.29, 0.717) is 6.54 Å². The van der Waals surface area contributed by atoms with Gasteiger partial charge in [0.2, 0.25) is 0 Å². The molecule has 21 heavy (non-hydrogen) atoms. The van der Waals surface area contributed by atoms with Crippen molar-refractivity contribution in [2.45, 2.75) is 6.54 Å². The molecule has 0 unspecified atom stereocenters. The highest BCUT2D eigenvalue weighted by Crippen LogP contribution is 2.28. The number of non-ortho nitro benzene ring substituents is 1. The van der Waals surface area contributed by atoms with E-state index in [1.54, 1.807) is 6.20 Å². The van der Waals surface area contributed by atoms with Crippen LogP contribution < -0.4 is 11.1 Å². The first-order valence-corrected chi connectivity index (χ1v) is 6.22. The third-order valence-electron chi connectivity index (χ3n) is 2.67. The Morgan fingerprint density at radius 1 is 1.52 bits per heavy atom. The number of rotatable bonds is 5. The zero-order chi connectivity index (χ0) is 15.4. The number of nitrogens with zero attached hydrogens (tertiary/aromatic N) is 4. The predicted octanol–water partition coefficient (Wildman–Crippen LogP) is 0.852. The molecule has 1 amide bonds. The number of nitrogens with two attached hydrogens (primary N) is 1. The van der Waals surface area contributed by atoms with Crippen LogP contribution in [0.3, 0.4) is 0 Å². The molecule has 0 aliphatic rings. The molecule has 0 saturated heterocycles. The van der Waals surface area contributed by atoms with E-state index >= 15 is 0 Å². The topological polar surface area (TPSA) is 129 Å². The van der Waals surface area contributed by atoms with Gasteiger partial charge >= 0.3 is 0 Å². The lowest BCUT2D eigenvalue weighted by Crippen LogP contribution is -2.28. The van der Waals surface area contributed by atoms with Crippen molar-refractivity contribution in [3.05, 3.63) is 45.2 Å². The summed E-state index contributed by atoms with van der Waals surface area (Å²) in [6.07, 6.45) is 3.16. The van der Waals surface area contributed by atoms with Crippen LogP contribution in [-0.2, 0) is 6.54 Å². The average molecular weight is 311 g/mol. The van der Waals surface area contributed by atoms with Crippen LogP contribution in [0.4, 0.5) is 11.4 Å². The summed E-state index contributed by atoms with van der Waals surface area (Å²) >= 11 is 5.79. The highest BCUT2D eigenvalue weighted by atomic mass is 35.5. The van der Waals surface area contributed by atoms with Gasteiger partial charge in [-0.25, -0.2) is 0 Å². The van der Waals surface area contributed by atoms with Gasteiger partial charge in [-0.05, 0) is 0 Å². The molecule has 0 atom stereocenters. The lowest BCUT2D eigenvalue weighted by Gasteiger charge is -2.08. The number of hydrogen-bond donors (Lipinski definition) is 2. The van der Waals surface area contributed by atoms with Crippen LogP contribution in [0.5, 0.6) is 0 Å². The molecule has 10 heteroatoms. The summed E-state index contributed by atoms with van der Waals surface area (Å²) in [4.78, 5) is 22.1. The number of carbonyl (C=O) groups is 1. The van der Waals surface area contributed by atoms with Gasteiger partial charge in [0, 0.05) is 24.9 Å². The smallest absolute Gasteiger partial charge is 0.271 e. The lowest BCUT2D eigenvalue weighted by molar-refractivity contribution is -0.384. The number of anilines is 1. The molecular formula is C11H11ClN6O3. The lowest BCUT2D eigenvalue weighted by atomic mass is 10.1. The second-order valence-electron chi connectivity index (χ2n) is 4.07. The largest absolute Gasteiger partial charge is 0.397 e. The molecule has 2 rings (SSSR count). The van der Waals surface area contributed by atoms with Gasteiger partial charge in [-0.1, -0.05) is 16.8 Å². The fourth-order valence-electron chi connectivity index (χ4n) is 1.63. The van der Waals surface area contributed by atoms with E-state index in [-0.39, 0.29) is 28.5 Å². The fourth-order valence-corrected chi connectivity index (χ4v) is 1.84. The number of nitrogens with one attached hydrogen (secondary N) is 1. The van der Waals surface area contributed by atoms with E-state index < -0.39 is 10.8 Å². The quantitative estimate of drug-likeness (QED) is 0.478. The Kier molecular flexibility index (Phi) is 4.33. The summed E-state index contributed by atoms with van der Waals surface area (Å²) in [6.45, 7) is 0.677. The molecule has 0 fully saturated rings. The molecule has 1 aromatic heterocycles. The molecule has 0 radical (unpaired) electrons. The highest BCUT2D eigenvalue weighted by molar-refractivity contribution is 6.34. The molecule has 2 aromatic rings. The Balaban J connectivity index is 2.09. The van der Waals surface area contributed by atoms with Crippen LogP contribution in [0, 0.1) is 10.1 Å². The van der Waals surface area contributed by atoms with Gasteiger partial charge in [0.15, 0.2) is 0 Å². The van der Waals surface area contributed by atoms with E-state index in [0.717, 1.165) is 12.1 Å². The molecule has 0 aliphatic heterocycles. The minimum Gasteiger partial charge on any atom is -0.397 e. The highest BCUT2D eigenvalue weighted by Gasteiger charge is 2.18. The number of amides is 1. The van der Waals surface area contributed by atoms with Crippen LogP contribution in [-0.4, -0.2) is 32.4 Å². The van der Waals surface area contributed by atoms with Crippen LogP contribution in [0.2, 0.25) is 5.02 Å². The Labute approximate surface area is 123 Å². The Bertz CT molecular complexity index is 673. The normalized spacial score (nSPS) is 10.3. The Morgan fingerprint density at radius 3 is 2.90 bits per heavy atom. The molecule has 1 heterocycles. The van der Waals surface area contributed by atoms with Crippen molar-refractivity contribution in [2.75, 3.05) is 12.3 Å². The molecule has 0 aliphatic carbocycles. The van der Waals surface area contributed by atoms with Crippen molar-refractivity contribution in [3.8, 4) is 0 Å². The van der Waals surface area contributed by atoms with Crippen LogP contribution >= 0.6 is 11.6 Å². The first kappa shape index (κ1) is 14.7. The molecule has 0 bridgehead atoms. The van der Waals surface area contributed by atoms with E-state index in [2.05, 4.69) is 15.6 Å². The minimum absolute atomic E-state index is 0.000484. The molecule has 3 N–H and O–H groups in total. The molecule has 1 aromatic carbocycles. The van der Waals surface area contributed by atoms with Crippen LogP contribution in [0.25, 0.3) is 0 Å². The average Bonchev–Trinajstić information content (AvgIpc) is 2.94. The summed E-state index contributed by atoms with van der Waals surface area (Å²) in [5.41, 5.74) is 5.35. The van der Waals surface area contributed by atoms with Gasteiger partial charge in [-0.2, -0.15) is 0 Å². The number of nitrogen functional groups attached to an aromatic ring is 1. The van der Waals surface area contributed by atoms with E-state index in [1.807, 2.05) is 0 Å². The number of nitro groups is 1. The van der Waals surface area contributed by atoms with Crippen LogP contribution in [0.15, 0.2) is 24.5 Å². The minimum atomic E-state index is -0.641. The van der Waals surface area contributed by atoms with Crippen molar-refractivity contribution < 1.29 is 9.72 Å². The van der Waals surface area contributed by atoms with Gasteiger partial charge in [0.05, 0.1) is 33.9 Å². The fraction of sp³-hybridized carbons (Fsp3) is 0.182. The Hall–Kier alpha value is -2.68. The maximum Gasteiger partial charge on any atom is 0.271 e. The van der Waals surface area contributed by atoms with E-state index in [9.17, 15) is 14.9 Å². The number of aromatic nitrogens is 3. The van der Waals surface area contributed by atoms with Gasteiger partial charge in [0.25, 0.3) is 11.6 Å². The number of hydrogen-bond acceptors (Lipinski definition) is 6. The van der Waals surface area contributed by atoms with Gasteiger partial charge < -0.3 is 11.1 Å². The number of nitro benzene ring substituents is 1. The first-order valence-electron chi connectivity index (χ1n) is 5.84. The number of carbonyl (C=O) groups excluding carboxylic acids is 1. The number of halogens is 1. The van der Waals surface area contributed by atoms with Crippen molar-refractivity contribution in [3.63, 3.8) is 0 Å². The van der Waals surface area contributed by atoms with Crippen LogP contribution in [0.1, 0.15) is 10.4 Å². The van der Waals surface area contributed by atoms with E-state index in [4.69, 9.17) is 17.3 Å². The summed E-state index contributed by atoms with van der Waals surface area (Å²) < 4.78 is 1.53. The third-order valence-corrected chi connectivity index (χ3v) is 2.98. The third kappa shape index (κ3) is 3.45. The number of benzene rings is 1. The summed E-state index contributed by atoms with van der Waals surface area (Å²) in [7, 11) is 0. The zero-order valence-corrected chi connectivity index (χ0v) is 11.4. The standard InChI is InChI=1S/C11H11ClN6O3/c12-9-6-7(18(20)21)5-8(10(9)13)11(19)14-1-3-17-4-2-15-16-17/h2,4-6H,1,3,13H2,(H,14,19).